The summed E-state index contributed by atoms with van der Waals surface area (Å²) in [6, 6.07) is 14.8. The average molecular weight is 371 g/mol. The van der Waals surface area contributed by atoms with Crippen molar-refractivity contribution in [3.8, 4) is 0 Å². The average Bonchev–Trinajstić information content (AvgIpc) is 3.07. The topological polar surface area (TPSA) is 76.0 Å². The third-order valence-electron chi connectivity index (χ3n) is 4.74. The summed E-state index contributed by atoms with van der Waals surface area (Å²) in [7, 11) is -3.25. The SMILES string of the molecule is NCCCCCc1c[nH]c2ccc(CCS(=O)(=O)c3ccccc3)cc12. The summed E-state index contributed by atoms with van der Waals surface area (Å²) in [4.78, 5) is 3.70. The zero-order valence-electron chi connectivity index (χ0n) is 14.9. The van der Waals surface area contributed by atoms with E-state index in [1.54, 1.807) is 24.3 Å². The van der Waals surface area contributed by atoms with Crippen molar-refractivity contribution in [2.45, 2.75) is 37.0 Å². The van der Waals surface area contributed by atoms with Crippen LogP contribution in [0.2, 0.25) is 0 Å². The van der Waals surface area contributed by atoms with Crippen molar-refractivity contribution in [3.63, 3.8) is 0 Å². The van der Waals surface area contributed by atoms with Gasteiger partial charge in [0.1, 0.15) is 0 Å². The summed E-state index contributed by atoms with van der Waals surface area (Å²) in [5, 5.41) is 1.20. The van der Waals surface area contributed by atoms with E-state index in [2.05, 4.69) is 17.2 Å². The molecule has 5 heteroatoms. The van der Waals surface area contributed by atoms with E-state index in [0.717, 1.165) is 43.3 Å². The quantitative estimate of drug-likeness (QED) is 0.562. The van der Waals surface area contributed by atoms with Crippen LogP contribution >= 0.6 is 0 Å². The summed E-state index contributed by atoms with van der Waals surface area (Å²) in [5.41, 5.74) is 9.01. The van der Waals surface area contributed by atoms with Crippen molar-refractivity contribution < 1.29 is 8.42 Å². The highest BCUT2D eigenvalue weighted by atomic mass is 32.2. The zero-order valence-corrected chi connectivity index (χ0v) is 15.8. The molecule has 26 heavy (non-hydrogen) atoms. The van der Waals surface area contributed by atoms with Crippen molar-refractivity contribution in [2.75, 3.05) is 12.3 Å². The molecule has 0 amide bonds. The van der Waals surface area contributed by atoms with E-state index in [-0.39, 0.29) is 5.75 Å². The standard InChI is InChI=1S/C21H26N2O2S/c22-13-6-2-3-7-18-16-23-21-11-10-17(15-20(18)21)12-14-26(24,25)19-8-4-1-5-9-19/h1,4-5,8-11,15-16,23H,2-3,6-7,12-14,22H2. The van der Waals surface area contributed by atoms with Gasteiger partial charge in [0, 0.05) is 17.1 Å². The predicted octanol–water partition coefficient (Wildman–Crippen LogP) is 3.86. The molecule has 1 aromatic heterocycles. The lowest BCUT2D eigenvalue weighted by molar-refractivity contribution is 0.595. The Morgan fingerprint density at radius 1 is 0.923 bits per heavy atom. The van der Waals surface area contributed by atoms with E-state index < -0.39 is 9.84 Å². The van der Waals surface area contributed by atoms with Crippen LogP contribution in [0.25, 0.3) is 10.9 Å². The Morgan fingerprint density at radius 2 is 1.73 bits per heavy atom. The van der Waals surface area contributed by atoms with Gasteiger partial charge in [0.25, 0.3) is 0 Å². The van der Waals surface area contributed by atoms with Crippen molar-refractivity contribution in [1.82, 2.24) is 4.98 Å². The van der Waals surface area contributed by atoms with Crippen LogP contribution in [-0.4, -0.2) is 25.7 Å². The maximum atomic E-state index is 12.5. The predicted molar refractivity (Wildman–Crippen MR) is 107 cm³/mol. The molecule has 4 nitrogen and oxygen atoms in total. The maximum absolute atomic E-state index is 12.5. The Hall–Kier alpha value is -2.11. The maximum Gasteiger partial charge on any atom is 0.178 e. The van der Waals surface area contributed by atoms with E-state index in [9.17, 15) is 8.42 Å². The molecular formula is C21H26N2O2S. The molecule has 3 rings (SSSR count). The highest BCUT2D eigenvalue weighted by molar-refractivity contribution is 7.91. The second-order valence-electron chi connectivity index (χ2n) is 6.68. The molecule has 138 valence electrons. The molecule has 0 aliphatic carbocycles. The first-order valence-corrected chi connectivity index (χ1v) is 10.8. The second-order valence-corrected chi connectivity index (χ2v) is 8.78. The number of hydrogen-bond acceptors (Lipinski definition) is 3. The number of nitrogens with one attached hydrogen (secondary N) is 1. The zero-order chi connectivity index (χ0) is 18.4. The molecule has 0 unspecified atom stereocenters. The second kappa shape index (κ2) is 8.52. The van der Waals surface area contributed by atoms with E-state index in [0.29, 0.717) is 11.3 Å². The van der Waals surface area contributed by atoms with Gasteiger partial charge < -0.3 is 10.7 Å². The number of sulfone groups is 1. The van der Waals surface area contributed by atoms with Crippen LogP contribution in [0.4, 0.5) is 0 Å². The minimum absolute atomic E-state index is 0.124. The highest BCUT2D eigenvalue weighted by Crippen LogP contribution is 2.23. The van der Waals surface area contributed by atoms with Gasteiger partial charge in [-0.15, -0.1) is 0 Å². The number of rotatable bonds is 9. The van der Waals surface area contributed by atoms with Crippen LogP contribution in [-0.2, 0) is 22.7 Å². The molecule has 0 aliphatic rings. The lowest BCUT2D eigenvalue weighted by Crippen LogP contribution is -2.09. The molecule has 0 aliphatic heterocycles. The summed E-state index contributed by atoms with van der Waals surface area (Å²) < 4.78 is 24.9. The van der Waals surface area contributed by atoms with Crippen LogP contribution in [0.5, 0.6) is 0 Å². The van der Waals surface area contributed by atoms with Crippen molar-refractivity contribution >= 4 is 20.7 Å². The molecule has 3 N–H and O–H groups in total. The number of fused-ring (bicyclic) bond motifs is 1. The first-order valence-electron chi connectivity index (χ1n) is 9.17. The number of benzene rings is 2. The first kappa shape index (κ1) is 18.7. The Labute approximate surface area is 155 Å². The van der Waals surface area contributed by atoms with E-state index in [1.165, 1.54) is 10.9 Å². The fourth-order valence-corrected chi connectivity index (χ4v) is 4.53. The fraction of sp³-hybridized carbons (Fsp3) is 0.333. The first-order chi connectivity index (χ1) is 12.6. The number of hydrogen-bond donors (Lipinski definition) is 2. The van der Waals surface area contributed by atoms with Gasteiger partial charge in [0.2, 0.25) is 0 Å². The Kier molecular flexibility index (Phi) is 6.12. The number of aromatic nitrogens is 1. The van der Waals surface area contributed by atoms with Crippen LogP contribution in [0.3, 0.4) is 0 Å². The largest absolute Gasteiger partial charge is 0.361 e. The number of H-pyrrole nitrogens is 1. The summed E-state index contributed by atoms with van der Waals surface area (Å²) in [5.74, 6) is 0.124. The molecule has 0 atom stereocenters. The monoisotopic (exact) mass is 370 g/mol. The Bertz CT molecular complexity index is 947. The van der Waals surface area contributed by atoms with Crippen LogP contribution in [0.15, 0.2) is 59.6 Å². The highest BCUT2D eigenvalue weighted by Gasteiger charge is 2.14. The molecule has 0 radical (unpaired) electrons. The number of nitrogens with two attached hydrogens (primary N) is 1. The minimum Gasteiger partial charge on any atom is -0.361 e. The lowest BCUT2D eigenvalue weighted by atomic mass is 10.0. The van der Waals surface area contributed by atoms with Gasteiger partial charge in [-0.3, -0.25) is 0 Å². The smallest absolute Gasteiger partial charge is 0.178 e. The van der Waals surface area contributed by atoms with Gasteiger partial charge >= 0.3 is 0 Å². The fourth-order valence-electron chi connectivity index (χ4n) is 3.22. The molecule has 0 saturated carbocycles. The van der Waals surface area contributed by atoms with Crippen molar-refractivity contribution in [3.05, 3.63) is 65.9 Å². The van der Waals surface area contributed by atoms with Crippen LogP contribution < -0.4 is 5.73 Å². The molecule has 1 heterocycles. The van der Waals surface area contributed by atoms with E-state index in [1.807, 2.05) is 18.2 Å². The molecule has 2 aromatic carbocycles. The molecule has 3 aromatic rings. The van der Waals surface area contributed by atoms with E-state index >= 15 is 0 Å². The molecule has 0 fully saturated rings. The molecule has 0 spiro atoms. The summed E-state index contributed by atoms with van der Waals surface area (Å²) >= 11 is 0. The van der Waals surface area contributed by atoms with Gasteiger partial charge in [-0.05, 0) is 67.6 Å². The minimum atomic E-state index is -3.25. The Morgan fingerprint density at radius 3 is 2.50 bits per heavy atom. The van der Waals surface area contributed by atoms with Gasteiger partial charge in [-0.1, -0.05) is 30.7 Å². The number of aromatic amines is 1. The lowest BCUT2D eigenvalue weighted by Gasteiger charge is -2.06. The number of aryl methyl sites for hydroxylation is 2. The summed E-state index contributed by atoms with van der Waals surface area (Å²) in [6.07, 6.45) is 6.92. The van der Waals surface area contributed by atoms with Crippen LogP contribution in [0.1, 0.15) is 30.4 Å². The van der Waals surface area contributed by atoms with Crippen LogP contribution in [0, 0.1) is 0 Å². The van der Waals surface area contributed by atoms with Gasteiger partial charge in [-0.25, -0.2) is 8.42 Å². The molecule has 0 saturated heterocycles. The summed E-state index contributed by atoms with van der Waals surface area (Å²) in [6.45, 7) is 0.744. The molecule has 0 bridgehead atoms. The van der Waals surface area contributed by atoms with Gasteiger partial charge in [-0.2, -0.15) is 0 Å². The normalized spacial score (nSPS) is 11.9. The van der Waals surface area contributed by atoms with Gasteiger partial charge in [0.15, 0.2) is 9.84 Å². The van der Waals surface area contributed by atoms with E-state index in [4.69, 9.17) is 5.73 Å². The van der Waals surface area contributed by atoms with Crippen molar-refractivity contribution in [1.29, 1.82) is 0 Å². The molecular weight excluding hydrogens is 344 g/mol. The number of unbranched alkanes of at least 4 members (excludes halogenated alkanes) is 2. The third-order valence-corrected chi connectivity index (χ3v) is 6.48. The van der Waals surface area contributed by atoms with Gasteiger partial charge in [0.05, 0.1) is 10.6 Å². The van der Waals surface area contributed by atoms with Crippen molar-refractivity contribution in [2.24, 2.45) is 5.73 Å². The Balaban J connectivity index is 1.70. The third kappa shape index (κ3) is 4.54.